The van der Waals surface area contributed by atoms with E-state index in [1.165, 1.54) is 0 Å². The van der Waals surface area contributed by atoms with Gasteiger partial charge in [0, 0.05) is 0 Å². The monoisotopic (exact) mass is 157 g/mol. The molecule has 0 bridgehead atoms. The number of hydrogen-bond donors (Lipinski definition) is 2. The zero-order valence-corrected chi connectivity index (χ0v) is 7.15. The molecule has 0 aromatic heterocycles. The first-order valence-electron chi connectivity index (χ1n) is 2.65. The van der Waals surface area contributed by atoms with Crippen molar-refractivity contribution in [2.75, 3.05) is 12.0 Å². The summed E-state index contributed by atoms with van der Waals surface area (Å²) in [5.74, 6) is -0.1000. The summed E-state index contributed by atoms with van der Waals surface area (Å²) in [6, 6.07) is -0.683. The van der Waals surface area contributed by atoms with Gasteiger partial charge in [0.25, 0.3) is 0 Å². The minimum absolute atomic E-state index is 0. The van der Waals surface area contributed by atoms with Crippen LogP contribution in [0.2, 0.25) is 0 Å². The molecule has 0 heterocycles. The first-order chi connectivity index (χ1) is 4.18. The molecule has 0 amide bonds. The maximum atomic E-state index is 10.1. The molecule has 0 saturated heterocycles. The van der Waals surface area contributed by atoms with Gasteiger partial charge < -0.3 is 12.3 Å². The fourth-order valence-electron chi connectivity index (χ4n) is 0.368. The number of rotatable bonds is 4. The zero-order chi connectivity index (χ0) is 7.28. The third kappa shape index (κ3) is 6.50. The average Bonchev–Trinajstić information content (AvgIpc) is 1.82. The van der Waals surface area contributed by atoms with Crippen LogP contribution in [-0.4, -0.2) is 29.1 Å². The molecular weight excluding hydrogens is 145 g/mol. The van der Waals surface area contributed by atoms with Crippen LogP contribution in [0.25, 0.3) is 0 Å². The Morgan fingerprint density at radius 1 is 1.90 bits per heavy atom. The van der Waals surface area contributed by atoms with Gasteiger partial charge in [-0.25, -0.2) is 0 Å². The number of aliphatic carboxylic acids is 1. The van der Waals surface area contributed by atoms with Crippen molar-refractivity contribution in [2.24, 2.45) is 5.73 Å². The van der Waals surface area contributed by atoms with E-state index in [-0.39, 0.29) is 20.3 Å². The molecule has 3 nitrogen and oxygen atoms in total. The van der Waals surface area contributed by atoms with E-state index in [4.69, 9.17) is 10.8 Å². The number of carboxylic acid groups (broad SMARTS) is 1. The minimum atomic E-state index is -0.913. The van der Waals surface area contributed by atoms with Crippen molar-refractivity contribution in [3.05, 3.63) is 0 Å². The Morgan fingerprint density at radius 3 is 2.70 bits per heavy atom. The van der Waals surface area contributed by atoms with Gasteiger partial charge in [0.1, 0.15) is 6.04 Å². The number of hydrogen-bond acceptors (Lipinski definition) is 3. The van der Waals surface area contributed by atoms with E-state index in [0.717, 1.165) is 5.75 Å². The van der Waals surface area contributed by atoms with Crippen LogP contribution in [0, 0.1) is 0 Å². The fourth-order valence-corrected chi connectivity index (χ4v) is 0.858. The number of carboxylic acids is 1. The summed E-state index contributed by atoms with van der Waals surface area (Å²) in [7, 11) is 0. The molecular formula is C5H12LiNO2S. The van der Waals surface area contributed by atoms with Gasteiger partial charge in [0.2, 0.25) is 0 Å². The average molecular weight is 157 g/mol. The molecule has 0 radical (unpaired) electrons. The Bertz CT molecular complexity index is 106. The van der Waals surface area contributed by atoms with Crippen LogP contribution in [0.15, 0.2) is 0 Å². The Hall–Kier alpha value is 0.377. The molecule has 0 rings (SSSR count). The third-order valence-electron chi connectivity index (χ3n) is 0.950. The van der Waals surface area contributed by atoms with E-state index in [2.05, 4.69) is 0 Å². The van der Waals surface area contributed by atoms with Crippen molar-refractivity contribution < 1.29 is 30.2 Å². The van der Waals surface area contributed by atoms with Crippen molar-refractivity contribution in [2.45, 2.75) is 12.5 Å². The predicted octanol–water partition coefficient (Wildman–Crippen LogP) is -2.73. The van der Waals surface area contributed by atoms with Gasteiger partial charge in [-0.15, -0.1) is 0 Å². The first kappa shape index (κ1) is 13.0. The van der Waals surface area contributed by atoms with Gasteiger partial charge in [-0.3, -0.25) is 4.79 Å². The van der Waals surface area contributed by atoms with Crippen molar-refractivity contribution >= 4 is 17.7 Å². The van der Waals surface area contributed by atoms with E-state index in [0.29, 0.717) is 6.42 Å². The Morgan fingerprint density at radius 2 is 2.40 bits per heavy atom. The second-order valence-corrected chi connectivity index (χ2v) is 2.71. The fraction of sp³-hybridized carbons (Fsp3) is 0.800. The van der Waals surface area contributed by atoms with Crippen molar-refractivity contribution in [1.82, 2.24) is 0 Å². The first-order valence-corrected chi connectivity index (χ1v) is 4.05. The number of thioether (sulfide) groups is 1. The smallest absolute Gasteiger partial charge is 1.00 e. The van der Waals surface area contributed by atoms with Gasteiger partial charge >= 0.3 is 24.8 Å². The second kappa shape index (κ2) is 7.48. The molecule has 0 aromatic rings. The third-order valence-corrected chi connectivity index (χ3v) is 1.59. The van der Waals surface area contributed by atoms with E-state index in [1.807, 2.05) is 6.26 Å². The van der Waals surface area contributed by atoms with Crippen molar-refractivity contribution in [1.29, 1.82) is 0 Å². The van der Waals surface area contributed by atoms with Crippen LogP contribution in [0.4, 0.5) is 0 Å². The summed E-state index contributed by atoms with van der Waals surface area (Å²) >= 11 is 1.60. The predicted molar refractivity (Wildman–Crippen MR) is 39.7 cm³/mol. The number of carbonyl (C=O) groups is 1. The second-order valence-electron chi connectivity index (χ2n) is 1.73. The van der Waals surface area contributed by atoms with E-state index in [9.17, 15) is 4.79 Å². The molecule has 0 aliphatic heterocycles. The summed E-state index contributed by atoms with van der Waals surface area (Å²) in [6.45, 7) is 0. The molecule has 1 unspecified atom stereocenters. The molecule has 0 spiro atoms. The largest absolute Gasteiger partial charge is 1.00 e. The molecule has 0 aromatic carbocycles. The van der Waals surface area contributed by atoms with Crippen LogP contribution < -0.4 is 24.6 Å². The van der Waals surface area contributed by atoms with Crippen LogP contribution in [0.5, 0.6) is 0 Å². The molecule has 1 atom stereocenters. The zero-order valence-electron chi connectivity index (χ0n) is 7.33. The van der Waals surface area contributed by atoms with Gasteiger partial charge in [-0.2, -0.15) is 11.8 Å². The van der Waals surface area contributed by atoms with Crippen LogP contribution in [-0.2, 0) is 4.79 Å². The normalized spacial score (nSPS) is 11.8. The Balaban J connectivity index is -0.000000320. The summed E-state index contributed by atoms with van der Waals surface area (Å²) in [5, 5.41) is 8.27. The molecule has 0 fully saturated rings. The summed E-state index contributed by atoms with van der Waals surface area (Å²) in [5.41, 5.74) is 5.19. The van der Waals surface area contributed by atoms with Gasteiger partial charge in [0.15, 0.2) is 0 Å². The van der Waals surface area contributed by atoms with Crippen molar-refractivity contribution in [3.63, 3.8) is 0 Å². The number of nitrogens with two attached hydrogens (primary N) is 1. The molecule has 3 N–H and O–H groups in total. The molecule has 0 aliphatic rings. The molecule has 56 valence electrons. The molecule has 0 saturated carbocycles. The topological polar surface area (TPSA) is 63.3 Å². The molecule has 5 heteroatoms. The van der Waals surface area contributed by atoms with Crippen LogP contribution in [0.1, 0.15) is 7.85 Å². The maximum Gasteiger partial charge on any atom is 1.00 e. The van der Waals surface area contributed by atoms with E-state index >= 15 is 0 Å². The SMILES string of the molecule is CSCCC(N)C(=O)O.[H-].[Li+]. The van der Waals surface area contributed by atoms with E-state index in [1.54, 1.807) is 11.8 Å². The van der Waals surface area contributed by atoms with Crippen molar-refractivity contribution in [3.8, 4) is 0 Å². The Labute approximate surface area is 78.4 Å². The summed E-state index contributed by atoms with van der Waals surface area (Å²) in [6.07, 6.45) is 2.48. The quantitative estimate of drug-likeness (QED) is 0.435. The molecule has 0 aliphatic carbocycles. The maximum absolute atomic E-state index is 10.1. The standard InChI is InChI=1S/C5H11NO2S.Li.H/c1-9-3-2-4(6)5(7)8;;/h4H,2-3,6H2,1H3,(H,7,8);;/q;+1;-1. The summed E-state index contributed by atoms with van der Waals surface area (Å²) in [4.78, 5) is 10.1. The summed E-state index contributed by atoms with van der Waals surface area (Å²) < 4.78 is 0. The van der Waals surface area contributed by atoms with Gasteiger partial charge in [-0.1, -0.05) is 0 Å². The minimum Gasteiger partial charge on any atom is -1.00 e. The van der Waals surface area contributed by atoms with Crippen LogP contribution >= 0.6 is 11.8 Å². The van der Waals surface area contributed by atoms with Gasteiger partial charge in [0.05, 0.1) is 0 Å². The Kier molecular flexibility index (Phi) is 9.73. The van der Waals surface area contributed by atoms with E-state index < -0.39 is 12.0 Å². The van der Waals surface area contributed by atoms with Crippen LogP contribution in [0.3, 0.4) is 0 Å². The molecule has 10 heavy (non-hydrogen) atoms. The van der Waals surface area contributed by atoms with Gasteiger partial charge in [-0.05, 0) is 18.4 Å².